The number of halogens is 1. The molecule has 1 heterocycles. The first kappa shape index (κ1) is 21.9. The minimum absolute atomic E-state index is 0.0413. The molecule has 1 aromatic heterocycles. The van der Waals surface area contributed by atoms with Gasteiger partial charge in [-0.05, 0) is 61.5 Å². The van der Waals surface area contributed by atoms with Crippen molar-refractivity contribution >= 4 is 38.3 Å². The molecule has 0 spiro atoms. The van der Waals surface area contributed by atoms with Crippen LogP contribution in [0.15, 0.2) is 77.7 Å². The molecule has 0 bridgehead atoms. The lowest BCUT2D eigenvalue weighted by Gasteiger charge is -2.13. The number of phenols is 1. The second kappa shape index (κ2) is 8.68. The number of nitrogens with zero attached hydrogens (tertiary/aromatic N) is 1. The van der Waals surface area contributed by atoms with Crippen molar-refractivity contribution in [2.75, 3.05) is 6.61 Å². The Hall–Kier alpha value is -3.29. The number of rotatable bonds is 6. The molecule has 4 aromatic rings. The first-order chi connectivity index (χ1) is 15.3. The van der Waals surface area contributed by atoms with Gasteiger partial charge in [-0.3, -0.25) is 0 Å². The summed E-state index contributed by atoms with van der Waals surface area (Å²) in [7, 11) is -3.84. The van der Waals surface area contributed by atoms with Crippen molar-refractivity contribution in [3.63, 3.8) is 0 Å². The minimum atomic E-state index is -3.84. The molecule has 8 heteroatoms. The molecule has 3 aromatic carbocycles. The number of aromatic hydroxyl groups is 1. The van der Waals surface area contributed by atoms with E-state index in [9.17, 15) is 18.3 Å². The number of sulfone groups is 1. The third-order valence-corrected chi connectivity index (χ3v) is 6.94. The smallest absolute Gasteiger partial charge is 0.340 e. The molecule has 0 saturated carbocycles. The molecule has 0 saturated heterocycles. The Balaban J connectivity index is 2.02. The summed E-state index contributed by atoms with van der Waals surface area (Å²) in [6.45, 7) is 1.80. The zero-order valence-electron chi connectivity index (χ0n) is 17.2. The van der Waals surface area contributed by atoms with E-state index >= 15 is 0 Å². The van der Waals surface area contributed by atoms with Crippen LogP contribution in [0, 0.1) is 0 Å². The molecule has 0 fully saturated rings. The van der Waals surface area contributed by atoms with E-state index in [-0.39, 0.29) is 28.5 Å². The lowest BCUT2D eigenvalue weighted by atomic mass is 10.1. The van der Waals surface area contributed by atoms with Crippen LogP contribution in [0.3, 0.4) is 0 Å². The molecule has 1 N–H and O–H groups in total. The number of phenolic OH excluding ortho intramolecular Hbond substituents is 1. The summed E-state index contributed by atoms with van der Waals surface area (Å²) in [6, 6.07) is 19.6. The zero-order chi connectivity index (χ0) is 22.9. The number of hydrogen-bond acceptors (Lipinski definition) is 5. The van der Waals surface area contributed by atoms with Crippen LogP contribution >= 0.6 is 11.6 Å². The molecule has 0 amide bonds. The average Bonchev–Trinajstić information content (AvgIpc) is 3.07. The summed E-state index contributed by atoms with van der Waals surface area (Å²) >= 11 is 5.91. The van der Waals surface area contributed by atoms with E-state index < -0.39 is 21.6 Å². The van der Waals surface area contributed by atoms with Crippen LogP contribution in [0.2, 0.25) is 5.02 Å². The van der Waals surface area contributed by atoms with Crippen LogP contribution in [0.5, 0.6) is 5.75 Å². The van der Waals surface area contributed by atoms with Crippen molar-refractivity contribution in [3.8, 4) is 11.4 Å². The molecule has 0 aliphatic rings. The standard InChI is InChI=1S/C24H20ClNO5S/c1-2-31-24(28)23-20-14-18(27)10-13-21(20)26(17-6-4-3-5-7-17)22(23)15-32(29,30)19-11-8-16(25)9-12-19/h3-14,27H,2,15H2,1H3. The maximum atomic E-state index is 13.3. The zero-order valence-corrected chi connectivity index (χ0v) is 18.7. The van der Waals surface area contributed by atoms with Crippen molar-refractivity contribution in [3.05, 3.63) is 89.1 Å². The summed E-state index contributed by atoms with van der Waals surface area (Å²) in [5.41, 5.74) is 1.63. The molecule has 0 unspecified atom stereocenters. The van der Waals surface area contributed by atoms with Crippen molar-refractivity contribution in [1.82, 2.24) is 4.57 Å². The van der Waals surface area contributed by atoms with Gasteiger partial charge in [0.05, 0.1) is 34.0 Å². The van der Waals surface area contributed by atoms with Crippen LogP contribution in [0.25, 0.3) is 16.6 Å². The van der Waals surface area contributed by atoms with E-state index in [0.717, 1.165) is 0 Å². The monoisotopic (exact) mass is 469 g/mol. The van der Waals surface area contributed by atoms with Gasteiger partial charge in [0, 0.05) is 16.1 Å². The van der Waals surface area contributed by atoms with Gasteiger partial charge in [0.2, 0.25) is 0 Å². The molecule has 0 radical (unpaired) electrons. The van der Waals surface area contributed by atoms with E-state index in [4.69, 9.17) is 16.3 Å². The van der Waals surface area contributed by atoms with Crippen molar-refractivity contribution in [1.29, 1.82) is 0 Å². The quantitative estimate of drug-likeness (QED) is 0.395. The second-order valence-corrected chi connectivity index (χ2v) is 9.55. The average molecular weight is 470 g/mol. The molecule has 4 rings (SSSR count). The molecule has 32 heavy (non-hydrogen) atoms. The van der Waals surface area contributed by atoms with Gasteiger partial charge >= 0.3 is 5.97 Å². The van der Waals surface area contributed by atoms with Gasteiger partial charge in [-0.2, -0.15) is 0 Å². The maximum Gasteiger partial charge on any atom is 0.340 e. The Labute approximate surface area is 190 Å². The fraction of sp³-hybridized carbons (Fsp3) is 0.125. The number of fused-ring (bicyclic) bond motifs is 1. The predicted molar refractivity (Wildman–Crippen MR) is 123 cm³/mol. The van der Waals surface area contributed by atoms with Crippen LogP contribution in [-0.4, -0.2) is 30.7 Å². The first-order valence-electron chi connectivity index (χ1n) is 9.89. The van der Waals surface area contributed by atoms with Crippen LogP contribution in [0.1, 0.15) is 23.0 Å². The van der Waals surface area contributed by atoms with Gasteiger partial charge in [0.1, 0.15) is 5.75 Å². The molecule has 0 atom stereocenters. The number of para-hydroxylation sites is 1. The number of aromatic nitrogens is 1. The summed E-state index contributed by atoms with van der Waals surface area (Å²) in [6.07, 6.45) is 0. The third-order valence-electron chi connectivity index (χ3n) is 5.04. The number of esters is 1. The fourth-order valence-electron chi connectivity index (χ4n) is 3.68. The van der Waals surface area contributed by atoms with E-state index in [0.29, 0.717) is 21.6 Å². The van der Waals surface area contributed by atoms with Crippen LogP contribution in [-0.2, 0) is 20.3 Å². The van der Waals surface area contributed by atoms with Gasteiger partial charge in [-0.25, -0.2) is 13.2 Å². The molecular weight excluding hydrogens is 450 g/mol. The van der Waals surface area contributed by atoms with E-state index in [2.05, 4.69) is 0 Å². The number of benzene rings is 3. The Morgan fingerprint density at radius 1 is 1.03 bits per heavy atom. The van der Waals surface area contributed by atoms with E-state index in [1.165, 1.54) is 36.4 Å². The van der Waals surface area contributed by atoms with Gasteiger partial charge < -0.3 is 14.4 Å². The van der Waals surface area contributed by atoms with E-state index in [1.54, 1.807) is 17.6 Å². The van der Waals surface area contributed by atoms with Gasteiger partial charge in [-0.15, -0.1) is 0 Å². The molecule has 164 valence electrons. The molecule has 0 aliphatic carbocycles. The summed E-state index contributed by atoms with van der Waals surface area (Å²) < 4.78 is 33.6. The molecule has 6 nitrogen and oxygen atoms in total. The normalized spacial score (nSPS) is 11.6. The number of carbonyl (C=O) groups excluding carboxylic acids is 1. The van der Waals surface area contributed by atoms with Gasteiger partial charge in [-0.1, -0.05) is 29.8 Å². The van der Waals surface area contributed by atoms with Crippen molar-refractivity contribution < 1.29 is 23.1 Å². The SMILES string of the molecule is CCOC(=O)c1c(CS(=O)(=O)c2ccc(Cl)cc2)n(-c2ccccc2)c2ccc(O)cc12. The highest BCUT2D eigenvalue weighted by atomic mass is 35.5. The van der Waals surface area contributed by atoms with Crippen molar-refractivity contribution in [2.45, 2.75) is 17.6 Å². The number of ether oxygens (including phenoxy) is 1. The fourth-order valence-corrected chi connectivity index (χ4v) is 5.15. The predicted octanol–water partition coefficient (Wildman–Crippen LogP) is 5.14. The highest BCUT2D eigenvalue weighted by Gasteiger charge is 2.29. The second-order valence-electron chi connectivity index (χ2n) is 7.13. The third kappa shape index (κ3) is 4.09. The summed E-state index contributed by atoms with van der Waals surface area (Å²) in [5.74, 6) is -1.15. The van der Waals surface area contributed by atoms with E-state index in [1.807, 2.05) is 30.3 Å². The Kier molecular flexibility index (Phi) is 5.95. The van der Waals surface area contributed by atoms with Gasteiger partial charge in [0.25, 0.3) is 0 Å². The number of carbonyl (C=O) groups is 1. The lowest BCUT2D eigenvalue weighted by Crippen LogP contribution is -2.14. The minimum Gasteiger partial charge on any atom is -0.508 e. The van der Waals surface area contributed by atoms with Crippen LogP contribution in [0.4, 0.5) is 0 Å². The highest BCUT2D eigenvalue weighted by molar-refractivity contribution is 7.90. The molecular formula is C24H20ClNO5S. The Morgan fingerprint density at radius 3 is 2.38 bits per heavy atom. The Bertz CT molecular complexity index is 1390. The van der Waals surface area contributed by atoms with Gasteiger partial charge in [0.15, 0.2) is 9.84 Å². The first-order valence-corrected chi connectivity index (χ1v) is 11.9. The molecule has 0 aliphatic heterocycles. The Morgan fingerprint density at radius 2 is 1.72 bits per heavy atom. The number of hydrogen-bond donors (Lipinski definition) is 1. The van der Waals surface area contributed by atoms with Crippen molar-refractivity contribution in [2.24, 2.45) is 0 Å². The summed E-state index contributed by atoms with van der Waals surface area (Å²) in [5, 5.41) is 10.9. The summed E-state index contributed by atoms with van der Waals surface area (Å²) in [4.78, 5) is 13.1. The largest absolute Gasteiger partial charge is 0.508 e. The maximum absolute atomic E-state index is 13.3. The lowest BCUT2D eigenvalue weighted by molar-refractivity contribution is 0.0527. The topological polar surface area (TPSA) is 85.6 Å². The van der Waals surface area contributed by atoms with Crippen LogP contribution < -0.4 is 0 Å². The highest BCUT2D eigenvalue weighted by Crippen LogP contribution is 2.34.